The van der Waals surface area contributed by atoms with Crippen molar-refractivity contribution in [1.29, 1.82) is 0 Å². The van der Waals surface area contributed by atoms with Gasteiger partial charge < -0.3 is 19.5 Å². The first-order valence-electron chi connectivity index (χ1n) is 10.0. The molecule has 0 aliphatic rings. The second kappa shape index (κ2) is 9.75. The Morgan fingerprint density at radius 3 is 2.45 bits per heavy atom. The second-order valence-electron chi connectivity index (χ2n) is 7.17. The molecular formula is C23H25ClN2O5. The lowest BCUT2D eigenvalue weighted by Gasteiger charge is -2.12. The van der Waals surface area contributed by atoms with Crippen LogP contribution in [-0.4, -0.2) is 28.4 Å². The Morgan fingerprint density at radius 1 is 1.16 bits per heavy atom. The van der Waals surface area contributed by atoms with Crippen molar-refractivity contribution in [2.45, 2.75) is 33.1 Å². The molecule has 1 amide bonds. The van der Waals surface area contributed by atoms with E-state index < -0.39 is 0 Å². The first-order valence-corrected chi connectivity index (χ1v) is 10.4. The molecule has 3 N–H and O–H groups in total. The van der Waals surface area contributed by atoms with Gasteiger partial charge in [0.25, 0.3) is 0 Å². The molecule has 0 unspecified atom stereocenters. The molecule has 3 rings (SSSR count). The lowest BCUT2D eigenvalue weighted by Crippen LogP contribution is -2.21. The van der Waals surface area contributed by atoms with E-state index in [1.54, 1.807) is 19.2 Å². The summed E-state index contributed by atoms with van der Waals surface area (Å²) in [5.74, 6) is 0.314. The Kier molecular flexibility index (Phi) is 7.07. The van der Waals surface area contributed by atoms with E-state index in [1.165, 1.54) is 12.1 Å². The number of anilines is 1. The van der Waals surface area contributed by atoms with Gasteiger partial charge in [-0.15, -0.1) is 0 Å². The number of amides is 1. The van der Waals surface area contributed by atoms with Crippen LogP contribution < -0.4 is 10.1 Å². The minimum absolute atomic E-state index is 0.115. The SMILES string of the molecule is CCC(CC)C(=O)Nc1onc(Cc2cc(Cl)c(O)cc2O)c1-c1ccc(OC)cc1. The van der Waals surface area contributed by atoms with Gasteiger partial charge in [0.05, 0.1) is 23.4 Å². The molecule has 0 saturated heterocycles. The molecule has 0 aliphatic heterocycles. The van der Waals surface area contributed by atoms with Crippen molar-refractivity contribution in [2.24, 2.45) is 5.92 Å². The van der Waals surface area contributed by atoms with Crippen LogP contribution in [0.3, 0.4) is 0 Å². The number of phenols is 2. The van der Waals surface area contributed by atoms with Crippen LogP contribution in [0.4, 0.5) is 5.88 Å². The van der Waals surface area contributed by atoms with Gasteiger partial charge in [0, 0.05) is 24.0 Å². The second-order valence-corrected chi connectivity index (χ2v) is 7.58. The Labute approximate surface area is 185 Å². The number of hydrogen-bond donors (Lipinski definition) is 3. The molecule has 3 aromatic rings. The molecule has 164 valence electrons. The maximum absolute atomic E-state index is 12.7. The normalized spacial score (nSPS) is 11.0. The van der Waals surface area contributed by atoms with E-state index >= 15 is 0 Å². The number of benzene rings is 2. The molecule has 8 heteroatoms. The van der Waals surface area contributed by atoms with Crippen LogP contribution in [0.15, 0.2) is 40.9 Å². The number of rotatable bonds is 8. The Morgan fingerprint density at radius 2 is 1.84 bits per heavy atom. The zero-order valence-corrected chi connectivity index (χ0v) is 18.4. The van der Waals surface area contributed by atoms with E-state index in [-0.39, 0.29) is 40.7 Å². The fourth-order valence-corrected chi connectivity index (χ4v) is 3.56. The van der Waals surface area contributed by atoms with Crippen LogP contribution in [-0.2, 0) is 11.2 Å². The maximum Gasteiger partial charge on any atom is 0.239 e. The van der Waals surface area contributed by atoms with Gasteiger partial charge in [-0.1, -0.05) is 42.7 Å². The number of nitrogens with one attached hydrogen (secondary N) is 1. The van der Waals surface area contributed by atoms with E-state index in [9.17, 15) is 15.0 Å². The van der Waals surface area contributed by atoms with Gasteiger partial charge >= 0.3 is 0 Å². The highest BCUT2D eigenvalue weighted by Gasteiger charge is 2.24. The number of phenolic OH excluding ortho intramolecular Hbond substituents is 2. The van der Waals surface area contributed by atoms with Crippen LogP contribution >= 0.6 is 11.6 Å². The molecule has 7 nitrogen and oxygen atoms in total. The lowest BCUT2D eigenvalue weighted by atomic mass is 9.99. The molecule has 0 atom stereocenters. The van der Waals surface area contributed by atoms with Crippen molar-refractivity contribution in [3.8, 4) is 28.4 Å². The molecule has 1 heterocycles. The minimum atomic E-state index is -0.212. The minimum Gasteiger partial charge on any atom is -0.508 e. The van der Waals surface area contributed by atoms with Crippen molar-refractivity contribution in [3.05, 3.63) is 52.7 Å². The molecule has 0 bridgehead atoms. The molecule has 31 heavy (non-hydrogen) atoms. The maximum atomic E-state index is 12.7. The monoisotopic (exact) mass is 444 g/mol. The van der Waals surface area contributed by atoms with Crippen molar-refractivity contribution >= 4 is 23.4 Å². The molecule has 0 radical (unpaired) electrons. The first-order chi connectivity index (χ1) is 14.9. The average Bonchev–Trinajstić information content (AvgIpc) is 3.14. The molecule has 2 aromatic carbocycles. The predicted molar refractivity (Wildman–Crippen MR) is 119 cm³/mol. The number of aromatic hydroxyl groups is 2. The molecular weight excluding hydrogens is 420 g/mol. The number of carbonyl (C=O) groups is 1. The highest BCUT2D eigenvalue weighted by Crippen LogP contribution is 2.37. The summed E-state index contributed by atoms with van der Waals surface area (Å²) in [4.78, 5) is 12.7. The van der Waals surface area contributed by atoms with E-state index in [2.05, 4.69) is 10.5 Å². The van der Waals surface area contributed by atoms with Gasteiger partial charge in [0.15, 0.2) is 0 Å². The van der Waals surface area contributed by atoms with Gasteiger partial charge in [-0.25, -0.2) is 0 Å². The van der Waals surface area contributed by atoms with Crippen LogP contribution in [0.1, 0.15) is 37.9 Å². The number of carbonyl (C=O) groups excluding carboxylic acids is 1. The number of methoxy groups -OCH3 is 1. The summed E-state index contributed by atoms with van der Waals surface area (Å²) in [6, 6.07) is 9.93. The summed E-state index contributed by atoms with van der Waals surface area (Å²) in [6.07, 6.45) is 1.60. The lowest BCUT2D eigenvalue weighted by molar-refractivity contribution is -0.120. The van der Waals surface area contributed by atoms with Crippen molar-refractivity contribution < 1.29 is 24.3 Å². The standard InChI is InChI=1S/C23H25ClN2O5/c1-4-13(5-2)22(29)25-23-21(14-6-8-16(30-3)9-7-14)18(26-31-23)11-15-10-17(24)20(28)12-19(15)27/h6-10,12-13,27-28H,4-5,11H2,1-3H3,(H,25,29). The van der Waals surface area contributed by atoms with Crippen LogP contribution in [0.5, 0.6) is 17.2 Å². The summed E-state index contributed by atoms with van der Waals surface area (Å²) in [5.41, 5.74) is 2.33. The van der Waals surface area contributed by atoms with E-state index in [4.69, 9.17) is 20.9 Å². The van der Waals surface area contributed by atoms with Crippen LogP contribution in [0.25, 0.3) is 11.1 Å². The number of nitrogens with zero attached hydrogens (tertiary/aromatic N) is 1. The first kappa shape index (κ1) is 22.5. The Balaban J connectivity index is 2.03. The van der Waals surface area contributed by atoms with E-state index in [0.29, 0.717) is 35.4 Å². The van der Waals surface area contributed by atoms with Crippen LogP contribution in [0.2, 0.25) is 5.02 Å². The van der Waals surface area contributed by atoms with Gasteiger partial charge in [-0.05, 0) is 36.6 Å². The molecule has 0 aliphatic carbocycles. The van der Waals surface area contributed by atoms with Gasteiger partial charge in [-0.2, -0.15) is 0 Å². The van der Waals surface area contributed by atoms with Gasteiger partial charge in [0.2, 0.25) is 11.8 Å². The third kappa shape index (κ3) is 4.94. The number of hydrogen-bond acceptors (Lipinski definition) is 6. The summed E-state index contributed by atoms with van der Waals surface area (Å²) in [6.45, 7) is 3.92. The fraction of sp³-hybridized carbons (Fsp3) is 0.304. The van der Waals surface area contributed by atoms with Crippen molar-refractivity contribution in [2.75, 3.05) is 12.4 Å². The predicted octanol–water partition coefficient (Wildman–Crippen LogP) is 5.38. The number of ether oxygens (including phenoxy) is 1. The van der Waals surface area contributed by atoms with Crippen LogP contribution in [0, 0.1) is 5.92 Å². The van der Waals surface area contributed by atoms with E-state index in [0.717, 1.165) is 5.56 Å². The third-order valence-electron chi connectivity index (χ3n) is 5.24. The smallest absolute Gasteiger partial charge is 0.239 e. The van der Waals surface area contributed by atoms with Crippen molar-refractivity contribution in [3.63, 3.8) is 0 Å². The van der Waals surface area contributed by atoms with Gasteiger partial charge in [0.1, 0.15) is 17.2 Å². The fourth-order valence-electron chi connectivity index (χ4n) is 3.37. The molecule has 0 spiro atoms. The molecule has 0 fully saturated rings. The zero-order chi connectivity index (χ0) is 22.5. The Hall–Kier alpha value is -3.19. The third-order valence-corrected chi connectivity index (χ3v) is 5.54. The highest BCUT2D eigenvalue weighted by atomic mass is 35.5. The van der Waals surface area contributed by atoms with Crippen molar-refractivity contribution in [1.82, 2.24) is 5.16 Å². The topological polar surface area (TPSA) is 105 Å². The molecule has 0 saturated carbocycles. The summed E-state index contributed by atoms with van der Waals surface area (Å²) in [7, 11) is 1.58. The summed E-state index contributed by atoms with van der Waals surface area (Å²) >= 11 is 6.01. The highest BCUT2D eigenvalue weighted by molar-refractivity contribution is 6.32. The summed E-state index contributed by atoms with van der Waals surface area (Å²) < 4.78 is 10.7. The Bertz CT molecular complexity index is 1060. The number of aromatic nitrogens is 1. The zero-order valence-electron chi connectivity index (χ0n) is 17.6. The molecule has 1 aromatic heterocycles. The quantitative estimate of drug-likeness (QED) is 0.430. The number of halogens is 1. The summed E-state index contributed by atoms with van der Waals surface area (Å²) in [5, 5.41) is 27.0. The average molecular weight is 445 g/mol. The van der Waals surface area contributed by atoms with Gasteiger partial charge in [-0.3, -0.25) is 10.1 Å². The van der Waals surface area contributed by atoms with E-state index in [1.807, 2.05) is 26.0 Å². The largest absolute Gasteiger partial charge is 0.508 e.